The highest BCUT2D eigenvalue weighted by Gasteiger charge is 2.34. The lowest BCUT2D eigenvalue weighted by Gasteiger charge is -2.25. The highest BCUT2D eigenvalue weighted by Crippen LogP contribution is 2.25. The van der Waals surface area contributed by atoms with Crippen molar-refractivity contribution in [2.75, 3.05) is 19.0 Å². The first kappa shape index (κ1) is 16.6. The first-order chi connectivity index (χ1) is 11.7. The van der Waals surface area contributed by atoms with Crippen LogP contribution in [0.4, 0.5) is 5.69 Å². The molecule has 1 fully saturated rings. The molecule has 0 spiro atoms. The second kappa shape index (κ2) is 7.51. The highest BCUT2D eigenvalue weighted by atomic mass is 16.5. The van der Waals surface area contributed by atoms with Gasteiger partial charge in [-0.05, 0) is 55.9 Å². The van der Waals surface area contributed by atoms with Gasteiger partial charge in [-0.25, -0.2) is 0 Å². The summed E-state index contributed by atoms with van der Waals surface area (Å²) in [5.41, 5.74) is 0.721. The molecule has 2 aliphatic rings. The summed E-state index contributed by atoms with van der Waals surface area (Å²) in [6.45, 7) is 0.677. The zero-order valence-corrected chi connectivity index (χ0v) is 14.0. The number of carbonyl (C=O) groups is 2. The maximum Gasteiger partial charge on any atom is 0.247 e. The van der Waals surface area contributed by atoms with Crippen LogP contribution in [-0.2, 0) is 9.59 Å². The van der Waals surface area contributed by atoms with Crippen molar-refractivity contribution in [2.24, 2.45) is 5.92 Å². The lowest BCUT2D eigenvalue weighted by molar-refractivity contribution is -0.137. The van der Waals surface area contributed by atoms with Crippen molar-refractivity contribution < 1.29 is 14.3 Å². The minimum atomic E-state index is -0.356. The number of hydrogen-bond acceptors (Lipinski definition) is 3. The Bertz CT molecular complexity index is 624. The van der Waals surface area contributed by atoms with Gasteiger partial charge in [0.2, 0.25) is 11.8 Å². The molecule has 1 aliphatic heterocycles. The van der Waals surface area contributed by atoms with Crippen LogP contribution in [0.3, 0.4) is 0 Å². The van der Waals surface area contributed by atoms with Gasteiger partial charge in [0.05, 0.1) is 7.11 Å². The SMILES string of the molecule is COc1ccc(NC(=O)[C@H]2CCCN2C(=O)C[C@@H]2C=CCC2)cc1. The number of ether oxygens (including phenoxy) is 1. The van der Waals surface area contributed by atoms with Gasteiger partial charge in [-0.2, -0.15) is 0 Å². The normalized spacial score (nSPS) is 22.6. The lowest BCUT2D eigenvalue weighted by Crippen LogP contribution is -2.43. The van der Waals surface area contributed by atoms with E-state index in [4.69, 9.17) is 4.74 Å². The van der Waals surface area contributed by atoms with Gasteiger partial charge in [0.15, 0.2) is 0 Å². The molecule has 0 radical (unpaired) electrons. The molecule has 5 heteroatoms. The maximum atomic E-state index is 12.6. The number of likely N-dealkylation sites (tertiary alicyclic amines) is 1. The van der Waals surface area contributed by atoms with Gasteiger partial charge in [0, 0.05) is 18.7 Å². The van der Waals surface area contributed by atoms with Crippen LogP contribution in [0.25, 0.3) is 0 Å². The van der Waals surface area contributed by atoms with Crippen LogP contribution in [0, 0.1) is 5.92 Å². The molecule has 1 saturated heterocycles. The van der Waals surface area contributed by atoms with Crippen LogP contribution in [0.1, 0.15) is 32.1 Å². The molecule has 1 aliphatic carbocycles. The van der Waals surface area contributed by atoms with E-state index in [1.165, 1.54) is 0 Å². The highest BCUT2D eigenvalue weighted by molar-refractivity contribution is 5.97. The number of rotatable bonds is 5. The Morgan fingerprint density at radius 2 is 2.04 bits per heavy atom. The molecule has 3 rings (SSSR count). The topological polar surface area (TPSA) is 58.6 Å². The Morgan fingerprint density at radius 1 is 1.25 bits per heavy atom. The third kappa shape index (κ3) is 3.78. The number of hydrogen-bond donors (Lipinski definition) is 1. The molecule has 24 heavy (non-hydrogen) atoms. The fourth-order valence-corrected chi connectivity index (χ4v) is 3.44. The predicted molar refractivity (Wildman–Crippen MR) is 92.8 cm³/mol. The van der Waals surface area contributed by atoms with E-state index in [1.807, 2.05) is 0 Å². The summed E-state index contributed by atoms with van der Waals surface area (Å²) >= 11 is 0. The van der Waals surface area contributed by atoms with Crippen molar-refractivity contribution in [3.8, 4) is 5.75 Å². The standard InChI is InChI=1S/C19H24N2O3/c1-24-16-10-8-15(9-11-16)20-19(23)17-7-4-12-21(17)18(22)13-14-5-2-3-6-14/h2,5,8-11,14,17H,3-4,6-7,12-13H2,1H3,(H,20,23)/t14-,17-/m1/s1. The molecule has 2 amide bonds. The van der Waals surface area contributed by atoms with Crippen LogP contribution < -0.4 is 10.1 Å². The Hall–Kier alpha value is -2.30. The third-order valence-corrected chi connectivity index (χ3v) is 4.78. The average Bonchev–Trinajstić information content (AvgIpc) is 3.27. The number of anilines is 1. The smallest absolute Gasteiger partial charge is 0.247 e. The van der Waals surface area contributed by atoms with E-state index >= 15 is 0 Å². The van der Waals surface area contributed by atoms with Crippen LogP contribution >= 0.6 is 0 Å². The molecule has 1 N–H and O–H groups in total. The van der Waals surface area contributed by atoms with Crippen molar-refractivity contribution in [1.29, 1.82) is 0 Å². The van der Waals surface area contributed by atoms with Crippen LogP contribution in [0.15, 0.2) is 36.4 Å². The summed E-state index contributed by atoms with van der Waals surface area (Å²) in [5, 5.41) is 2.91. The molecule has 1 aromatic rings. The number of carbonyl (C=O) groups excluding carboxylic acids is 2. The van der Waals surface area contributed by atoms with Crippen molar-refractivity contribution in [2.45, 2.75) is 38.1 Å². The molecule has 0 aromatic heterocycles. The molecule has 1 heterocycles. The molecule has 0 unspecified atom stereocenters. The monoisotopic (exact) mass is 328 g/mol. The number of amides is 2. The molecule has 2 atom stereocenters. The Labute approximate surface area is 142 Å². The third-order valence-electron chi connectivity index (χ3n) is 4.78. The second-order valence-corrected chi connectivity index (χ2v) is 6.43. The summed E-state index contributed by atoms with van der Waals surface area (Å²) in [7, 11) is 1.61. The van der Waals surface area contributed by atoms with E-state index in [-0.39, 0.29) is 17.9 Å². The van der Waals surface area contributed by atoms with Gasteiger partial charge < -0.3 is 15.0 Å². The fourth-order valence-electron chi connectivity index (χ4n) is 3.44. The number of methoxy groups -OCH3 is 1. The second-order valence-electron chi connectivity index (χ2n) is 6.43. The van der Waals surface area contributed by atoms with E-state index in [9.17, 15) is 9.59 Å². The van der Waals surface area contributed by atoms with Crippen molar-refractivity contribution in [3.05, 3.63) is 36.4 Å². The van der Waals surface area contributed by atoms with E-state index in [0.29, 0.717) is 18.9 Å². The van der Waals surface area contributed by atoms with Gasteiger partial charge in [0.25, 0.3) is 0 Å². The predicted octanol–water partition coefficient (Wildman–Crippen LogP) is 2.98. The van der Waals surface area contributed by atoms with E-state index in [2.05, 4.69) is 17.5 Å². The van der Waals surface area contributed by atoms with Gasteiger partial charge in [-0.1, -0.05) is 12.2 Å². The summed E-state index contributed by atoms with van der Waals surface area (Å²) < 4.78 is 5.11. The molecule has 0 bridgehead atoms. The fraction of sp³-hybridized carbons (Fsp3) is 0.474. The maximum absolute atomic E-state index is 12.6. The summed E-state index contributed by atoms with van der Waals surface area (Å²) in [6, 6.07) is 6.87. The summed E-state index contributed by atoms with van der Waals surface area (Å²) in [6.07, 6.45) is 8.49. The van der Waals surface area contributed by atoms with Crippen LogP contribution in [0.2, 0.25) is 0 Å². The largest absolute Gasteiger partial charge is 0.497 e. The average molecular weight is 328 g/mol. The molecule has 5 nitrogen and oxygen atoms in total. The minimum Gasteiger partial charge on any atom is -0.497 e. The van der Waals surface area contributed by atoms with E-state index in [0.717, 1.165) is 37.1 Å². The molecular weight excluding hydrogens is 304 g/mol. The van der Waals surface area contributed by atoms with Gasteiger partial charge in [-0.15, -0.1) is 0 Å². The molecule has 0 saturated carbocycles. The number of allylic oxidation sites excluding steroid dienone is 2. The molecular formula is C19H24N2O3. The Kier molecular flexibility index (Phi) is 5.18. The Balaban J connectivity index is 1.59. The van der Waals surface area contributed by atoms with Gasteiger partial charge in [0.1, 0.15) is 11.8 Å². The lowest BCUT2D eigenvalue weighted by atomic mass is 10.0. The van der Waals surface area contributed by atoms with Crippen molar-refractivity contribution in [3.63, 3.8) is 0 Å². The van der Waals surface area contributed by atoms with Gasteiger partial charge in [-0.3, -0.25) is 9.59 Å². The first-order valence-electron chi connectivity index (χ1n) is 8.58. The minimum absolute atomic E-state index is 0.0962. The number of nitrogens with zero attached hydrogens (tertiary/aromatic N) is 1. The van der Waals surface area contributed by atoms with Gasteiger partial charge >= 0.3 is 0 Å². The zero-order valence-electron chi connectivity index (χ0n) is 14.0. The van der Waals surface area contributed by atoms with E-state index < -0.39 is 0 Å². The van der Waals surface area contributed by atoms with Crippen LogP contribution in [-0.4, -0.2) is 36.4 Å². The summed E-state index contributed by atoms with van der Waals surface area (Å²) in [5.74, 6) is 1.07. The Morgan fingerprint density at radius 3 is 2.71 bits per heavy atom. The number of benzene rings is 1. The van der Waals surface area contributed by atoms with Crippen molar-refractivity contribution >= 4 is 17.5 Å². The van der Waals surface area contributed by atoms with Crippen molar-refractivity contribution in [1.82, 2.24) is 4.90 Å². The molecule has 1 aromatic carbocycles. The number of nitrogens with one attached hydrogen (secondary N) is 1. The summed E-state index contributed by atoms with van der Waals surface area (Å²) in [4.78, 5) is 26.9. The molecule has 128 valence electrons. The zero-order chi connectivity index (χ0) is 16.9. The van der Waals surface area contributed by atoms with E-state index in [1.54, 1.807) is 36.3 Å². The quantitative estimate of drug-likeness (QED) is 0.845. The first-order valence-corrected chi connectivity index (χ1v) is 8.58. The van der Waals surface area contributed by atoms with Crippen LogP contribution in [0.5, 0.6) is 5.75 Å².